The lowest BCUT2D eigenvalue weighted by atomic mass is 10.0. The third-order valence-corrected chi connectivity index (χ3v) is 3.04. The number of hydrogen-bond donors (Lipinski definition) is 1. The number of pyridine rings is 1. The summed E-state index contributed by atoms with van der Waals surface area (Å²) in [6, 6.07) is 9.04. The number of benzene rings is 1. The van der Waals surface area contributed by atoms with Crippen molar-refractivity contribution in [3.05, 3.63) is 58.9 Å². The Balaban J connectivity index is 2.06. The monoisotopic (exact) mass is 260 g/mol. The maximum Gasteiger partial charge on any atom is 0.141 e. The summed E-state index contributed by atoms with van der Waals surface area (Å²) in [4.78, 5) is 15.9. The number of anilines is 1. The van der Waals surface area contributed by atoms with E-state index in [0.29, 0.717) is 17.1 Å². The van der Waals surface area contributed by atoms with Crippen LogP contribution in [0.4, 0.5) is 5.69 Å². The molecule has 0 unspecified atom stereocenters. The van der Waals surface area contributed by atoms with Crippen molar-refractivity contribution in [2.75, 3.05) is 5.73 Å². The van der Waals surface area contributed by atoms with Crippen LogP contribution in [-0.2, 0) is 17.6 Å². The molecule has 0 bridgehead atoms. The van der Waals surface area contributed by atoms with E-state index in [1.165, 1.54) is 0 Å². The number of nitrogens with two attached hydrogens (primary N) is 1. The van der Waals surface area contributed by atoms with Crippen LogP contribution in [0.1, 0.15) is 11.1 Å². The van der Waals surface area contributed by atoms with Gasteiger partial charge in [0.05, 0.1) is 0 Å². The first-order valence-corrected chi connectivity index (χ1v) is 5.98. The Morgan fingerprint density at radius 1 is 1.17 bits per heavy atom. The van der Waals surface area contributed by atoms with Gasteiger partial charge in [-0.1, -0.05) is 29.8 Å². The van der Waals surface area contributed by atoms with Crippen LogP contribution >= 0.6 is 11.6 Å². The molecular weight excluding hydrogens is 248 g/mol. The standard InChI is InChI=1S/C14H13ClN2O/c15-13-4-2-1-3-10(13)7-12(18)8-11-9-17-6-5-14(11)16/h1-6,9H,7-8H2,(H2,16,17). The SMILES string of the molecule is Nc1ccncc1CC(=O)Cc1ccccc1Cl. The summed E-state index contributed by atoms with van der Waals surface area (Å²) >= 11 is 6.01. The smallest absolute Gasteiger partial charge is 0.141 e. The molecule has 0 fully saturated rings. The third kappa shape index (κ3) is 3.08. The maximum atomic E-state index is 11.9. The van der Waals surface area contributed by atoms with E-state index in [1.54, 1.807) is 24.5 Å². The van der Waals surface area contributed by atoms with E-state index in [-0.39, 0.29) is 12.2 Å². The van der Waals surface area contributed by atoms with Gasteiger partial charge in [0.15, 0.2) is 0 Å². The molecular formula is C14H13ClN2O. The first-order valence-electron chi connectivity index (χ1n) is 5.60. The predicted octanol–water partition coefficient (Wildman–Crippen LogP) is 2.67. The minimum absolute atomic E-state index is 0.0720. The van der Waals surface area contributed by atoms with E-state index in [2.05, 4.69) is 4.98 Å². The first-order chi connectivity index (χ1) is 8.66. The number of carbonyl (C=O) groups excluding carboxylic acids is 1. The summed E-state index contributed by atoms with van der Waals surface area (Å²) in [6.45, 7) is 0. The van der Waals surface area contributed by atoms with Crippen LogP contribution in [0, 0.1) is 0 Å². The second kappa shape index (κ2) is 5.65. The van der Waals surface area contributed by atoms with Gasteiger partial charge in [-0.05, 0) is 17.7 Å². The Labute approximate surface area is 111 Å². The van der Waals surface area contributed by atoms with Gasteiger partial charge in [-0.25, -0.2) is 0 Å². The molecule has 1 aromatic heterocycles. The number of Topliss-reactive ketones (excluding diaryl/α,β-unsaturated/α-hetero) is 1. The Hall–Kier alpha value is -1.87. The van der Waals surface area contributed by atoms with E-state index < -0.39 is 0 Å². The van der Waals surface area contributed by atoms with E-state index in [0.717, 1.165) is 11.1 Å². The Kier molecular flexibility index (Phi) is 3.95. The minimum Gasteiger partial charge on any atom is -0.398 e. The summed E-state index contributed by atoms with van der Waals surface area (Å²) in [6.07, 6.45) is 3.83. The van der Waals surface area contributed by atoms with Gasteiger partial charge in [-0.3, -0.25) is 9.78 Å². The highest BCUT2D eigenvalue weighted by atomic mass is 35.5. The molecule has 92 valence electrons. The molecule has 0 aliphatic heterocycles. The molecule has 1 heterocycles. The Morgan fingerprint density at radius 2 is 1.89 bits per heavy atom. The van der Waals surface area contributed by atoms with E-state index in [1.807, 2.05) is 18.2 Å². The van der Waals surface area contributed by atoms with Gasteiger partial charge in [0, 0.05) is 41.5 Å². The van der Waals surface area contributed by atoms with Crippen molar-refractivity contribution >= 4 is 23.1 Å². The number of ketones is 1. The first kappa shape index (κ1) is 12.6. The zero-order valence-corrected chi connectivity index (χ0v) is 10.5. The number of carbonyl (C=O) groups is 1. The molecule has 0 radical (unpaired) electrons. The molecule has 0 aliphatic rings. The van der Waals surface area contributed by atoms with Crippen molar-refractivity contribution in [2.45, 2.75) is 12.8 Å². The second-order valence-electron chi connectivity index (χ2n) is 4.06. The average molecular weight is 261 g/mol. The number of nitrogen functional groups attached to an aromatic ring is 1. The summed E-state index contributed by atoms with van der Waals surface area (Å²) in [7, 11) is 0. The fourth-order valence-electron chi connectivity index (χ4n) is 1.71. The van der Waals surface area contributed by atoms with Gasteiger partial charge in [0.25, 0.3) is 0 Å². The van der Waals surface area contributed by atoms with Crippen LogP contribution < -0.4 is 5.73 Å². The van der Waals surface area contributed by atoms with Crippen molar-refractivity contribution in [3.63, 3.8) is 0 Å². The highest BCUT2D eigenvalue weighted by molar-refractivity contribution is 6.31. The lowest BCUT2D eigenvalue weighted by Gasteiger charge is -2.05. The minimum atomic E-state index is 0.0720. The molecule has 0 spiro atoms. The normalized spacial score (nSPS) is 10.3. The van der Waals surface area contributed by atoms with Crippen LogP contribution in [-0.4, -0.2) is 10.8 Å². The van der Waals surface area contributed by atoms with Crippen molar-refractivity contribution in [2.24, 2.45) is 0 Å². The van der Waals surface area contributed by atoms with Crippen molar-refractivity contribution in [1.29, 1.82) is 0 Å². The molecule has 0 atom stereocenters. The second-order valence-corrected chi connectivity index (χ2v) is 4.47. The molecule has 1 aromatic carbocycles. The largest absolute Gasteiger partial charge is 0.398 e. The topological polar surface area (TPSA) is 56.0 Å². The summed E-state index contributed by atoms with van der Waals surface area (Å²) in [5.41, 5.74) is 7.97. The number of halogens is 1. The predicted molar refractivity (Wildman–Crippen MR) is 72.5 cm³/mol. The van der Waals surface area contributed by atoms with Crippen LogP contribution in [0.3, 0.4) is 0 Å². The highest BCUT2D eigenvalue weighted by Crippen LogP contribution is 2.17. The number of hydrogen-bond acceptors (Lipinski definition) is 3. The lowest BCUT2D eigenvalue weighted by Crippen LogP contribution is -2.09. The number of rotatable bonds is 4. The number of nitrogens with zero attached hydrogens (tertiary/aromatic N) is 1. The molecule has 3 nitrogen and oxygen atoms in total. The van der Waals surface area contributed by atoms with E-state index in [4.69, 9.17) is 17.3 Å². The van der Waals surface area contributed by atoms with Crippen molar-refractivity contribution < 1.29 is 4.79 Å². The van der Waals surface area contributed by atoms with Gasteiger partial charge < -0.3 is 5.73 Å². The van der Waals surface area contributed by atoms with E-state index in [9.17, 15) is 4.79 Å². The third-order valence-electron chi connectivity index (χ3n) is 2.67. The van der Waals surface area contributed by atoms with Crippen LogP contribution in [0.15, 0.2) is 42.7 Å². The quantitative estimate of drug-likeness (QED) is 0.920. The lowest BCUT2D eigenvalue weighted by molar-refractivity contribution is -0.117. The summed E-state index contributed by atoms with van der Waals surface area (Å²) in [5, 5.41) is 0.616. The molecule has 4 heteroatoms. The van der Waals surface area contributed by atoms with Gasteiger partial charge >= 0.3 is 0 Å². The summed E-state index contributed by atoms with van der Waals surface area (Å²) in [5.74, 6) is 0.0720. The molecule has 2 N–H and O–H groups in total. The molecule has 18 heavy (non-hydrogen) atoms. The molecule has 0 saturated heterocycles. The average Bonchev–Trinajstić information content (AvgIpc) is 2.35. The van der Waals surface area contributed by atoms with Gasteiger partial charge in [-0.2, -0.15) is 0 Å². The van der Waals surface area contributed by atoms with Crippen LogP contribution in [0.25, 0.3) is 0 Å². The molecule has 2 aromatic rings. The molecule has 0 aliphatic carbocycles. The van der Waals surface area contributed by atoms with Gasteiger partial charge in [-0.15, -0.1) is 0 Å². The molecule has 0 amide bonds. The highest BCUT2D eigenvalue weighted by Gasteiger charge is 2.09. The molecule has 2 rings (SSSR count). The Morgan fingerprint density at radius 3 is 2.61 bits per heavy atom. The zero-order chi connectivity index (χ0) is 13.0. The van der Waals surface area contributed by atoms with Crippen molar-refractivity contribution in [3.8, 4) is 0 Å². The summed E-state index contributed by atoms with van der Waals surface area (Å²) < 4.78 is 0. The Bertz CT molecular complexity index is 520. The van der Waals surface area contributed by atoms with Crippen LogP contribution in [0.5, 0.6) is 0 Å². The van der Waals surface area contributed by atoms with E-state index >= 15 is 0 Å². The van der Waals surface area contributed by atoms with Gasteiger partial charge in [0.2, 0.25) is 0 Å². The number of aromatic nitrogens is 1. The maximum absolute atomic E-state index is 11.9. The van der Waals surface area contributed by atoms with Gasteiger partial charge in [0.1, 0.15) is 5.78 Å². The van der Waals surface area contributed by atoms with Crippen molar-refractivity contribution in [1.82, 2.24) is 4.98 Å². The molecule has 0 saturated carbocycles. The fourth-order valence-corrected chi connectivity index (χ4v) is 1.92. The fraction of sp³-hybridized carbons (Fsp3) is 0.143. The zero-order valence-electron chi connectivity index (χ0n) is 9.77. The van der Waals surface area contributed by atoms with Crippen LogP contribution in [0.2, 0.25) is 5.02 Å².